The van der Waals surface area contributed by atoms with Gasteiger partial charge in [0.1, 0.15) is 11.6 Å². The molecule has 5 heteroatoms. The molecule has 0 spiro atoms. The minimum Gasteiger partial charge on any atom is -0.313 e. The molecule has 21 heavy (non-hydrogen) atoms. The van der Waals surface area contributed by atoms with Gasteiger partial charge in [0.25, 0.3) is 0 Å². The first-order valence-corrected chi connectivity index (χ1v) is 8.00. The van der Waals surface area contributed by atoms with Gasteiger partial charge in [-0.25, -0.2) is 14.4 Å². The van der Waals surface area contributed by atoms with Crippen molar-refractivity contribution in [3.8, 4) is 0 Å². The Morgan fingerprint density at radius 3 is 2.52 bits per heavy atom. The van der Waals surface area contributed by atoms with Crippen molar-refractivity contribution in [2.75, 3.05) is 6.54 Å². The third-order valence-electron chi connectivity index (χ3n) is 3.18. The molecular weight excluding hydrogens is 285 g/mol. The largest absolute Gasteiger partial charge is 0.313 e. The van der Waals surface area contributed by atoms with Crippen LogP contribution in [0.5, 0.6) is 0 Å². The van der Waals surface area contributed by atoms with Crippen molar-refractivity contribution in [2.45, 2.75) is 38.0 Å². The van der Waals surface area contributed by atoms with Gasteiger partial charge in [0.15, 0.2) is 0 Å². The van der Waals surface area contributed by atoms with Crippen LogP contribution < -0.4 is 5.32 Å². The first-order valence-electron chi connectivity index (χ1n) is 7.02. The second-order valence-corrected chi connectivity index (χ2v) is 5.86. The predicted octanol–water partition coefficient (Wildman–Crippen LogP) is 3.63. The molecule has 0 fully saturated rings. The molecule has 0 saturated carbocycles. The van der Waals surface area contributed by atoms with Crippen molar-refractivity contribution in [1.29, 1.82) is 0 Å². The summed E-state index contributed by atoms with van der Waals surface area (Å²) in [5.74, 6) is 1.22. The van der Waals surface area contributed by atoms with Crippen LogP contribution >= 0.6 is 11.8 Å². The molecule has 0 radical (unpaired) electrons. The number of aryl methyl sites for hydroxylation is 2. The van der Waals surface area contributed by atoms with Gasteiger partial charge >= 0.3 is 0 Å². The molecule has 1 aromatic heterocycles. The molecule has 0 saturated heterocycles. The average Bonchev–Trinajstić information content (AvgIpc) is 2.44. The Morgan fingerprint density at radius 2 is 1.90 bits per heavy atom. The van der Waals surface area contributed by atoms with Crippen LogP contribution in [0, 0.1) is 19.7 Å². The Labute approximate surface area is 129 Å². The number of nitrogens with one attached hydrogen (secondary N) is 1. The summed E-state index contributed by atoms with van der Waals surface area (Å²) in [6, 6.07) is 6.59. The minimum atomic E-state index is -0.214. The highest BCUT2D eigenvalue weighted by atomic mass is 32.2. The molecule has 1 heterocycles. The van der Waals surface area contributed by atoms with Crippen molar-refractivity contribution in [3.63, 3.8) is 0 Å². The van der Waals surface area contributed by atoms with Crippen LogP contribution in [0.2, 0.25) is 0 Å². The van der Waals surface area contributed by atoms with Crippen molar-refractivity contribution in [2.24, 2.45) is 0 Å². The lowest BCUT2D eigenvalue weighted by atomic mass is 10.1. The maximum absolute atomic E-state index is 13.1. The molecule has 0 aliphatic heterocycles. The molecule has 1 aromatic carbocycles. The number of benzene rings is 1. The Balaban J connectivity index is 2.07. The van der Waals surface area contributed by atoms with Gasteiger partial charge in [-0.2, -0.15) is 0 Å². The van der Waals surface area contributed by atoms with E-state index in [1.807, 2.05) is 19.9 Å². The van der Waals surface area contributed by atoms with Crippen molar-refractivity contribution < 1.29 is 4.39 Å². The van der Waals surface area contributed by atoms with Crippen LogP contribution in [0.4, 0.5) is 4.39 Å². The Kier molecular flexibility index (Phi) is 5.70. The summed E-state index contributed by atoms with van der Waals surface area (Å²) in [4.78, 5) is 10.0. The minimum absolute atomic E-state index is 0.214. The molecule has 2 rings (SSSR count). The van der Waals surface area contributed by atoms with Crippen molar-refractivity contribution in [3.05, 3.63) is 52.9 Å². The molecular formula is C16H20FN3S. The van der Waals surface area contributed by atoms with E-state index < -0.39 is 0 Å². The van der Waals surface area contributed by atoms with E-state index in [2.05, 4.69) is 22.2 Å². The summed E-state index contributed by atoms with van der Waals surface area (Å²) in [6.45, 7) is 7.83. The Bertz CT molecular complexity index is 593. The molecule has 3 nitrogen and oxygen atoms in total. The zero-order valence-corrected chi connectivity index (χ0v) is 13.4. The third-order valence-corrected chi connectivity index (χ3v) is 4.17. The standard InChI is InChI=1S/C16H20FN3S/c1-4-18-9-15-11(2)19-16(20-12(15)3)10-21-14-7-5-6-13(17)8-14/h5-8,18H,4,9-10H2,1-3H3. The number of aromatic nitrogens is 2. The molecule has 0 aliphatic rings. The molecule has 0 aliphatic carbocycles. The van der Waals surface area contributed by atoms with E-state index in [4.69, 9.17) is 0 Å². The Morgan fingerprint density at radius 1 is 1.19 bits per heavy atom. The molecule has 0 unspecified atom stereocenters. The quantitative estimate of drug-likeness (QED) is 0.827. The van der Waals surface area contributed by atoms with Gasteiger partial charge in [-0.1, -0.05) is 13.0 Å². The van der Waals surface area contributed by atoms with Crippen LogP contribution in [0.3, 0.4) is 0 Å². The van der Waals surface area contributed by atoms with E-state index in [1.165, 1.54) is 12.1 Å². The SMILES string of the molecule is CCNCc1c(C)nc(CSc2cccc(F)c2)nc1C. The fourth-order valence-corrected chi connectivity index (χ4v) is 2.88. The fourth-order valence-electron chi connectivity index (χ4n) is 2.08. The van der Waals surface area contributed by atoms with E-state index in [9.17, 15) is 4.39 Å². The van der Waals surface area contributed by atoms with Gasteiger partial charge in [-0.15, -0.1) is 11.8 Å². The zero-order valence-electron chi connectivity index (χ0n) is 12.6. The average molecular weight is 305 g/mol. The summed E-state index contributed by atoms with van der Waals surface area (Å²) in [7, 11) is 0. The third kappa shape index (κ3) is 4.51. The molecule has 2 aromatic rings. The maximum Gasteiger partial charge on any atom is 0.139 e. The lowest BCUT2D eigenvalue weighted by molar-refractivity contribution is 0.624. The number of rotatable bonds is 6. The van der Waals surface area contributed by atoms with Gasteiger partial charge in [-0.3, -0.25) is 0 Å². The molecule has 0 bridgehead atoms. The van der Waals surface area contributed by atoms with Gasteiger partial charge in [0, 0.05) is 28.4 Å². The smallest absolute Gasteiger partial charge is 0.139 e. The highest BCUT2D eigenvalue weighted by molar-refractivity contribution is 7.98. The number of hydrogen-bond acceptors (Lipinski definition) is 4. The second kappa shape index (κ2) is 7.52. The first kappa shape index (κ1) is 15.9. The van der Waals surface area contributed by atoms with Gasteiger partial charge in [-0.05, 0) is 38.6 Å². The summed E-state index contributed by atoms with van der Waals surface area (Å²) < 4.78 is 13.1. The van der Waals surface area contributed by atoms with Crippen LogP contribution in [-0.2, 0) is 12.3 Å². The lowest BCUT2D eigenvalue weighted by Crippen LogP contribution is -2.16. The zero-order chi connectivity index (χ0) is 15.2. The lowest BCUT2D eigenvalue weighted by Gasteiger charge is -2.11. The molecule has 1 N–H and O–H groups in total. The van der Waals surface area contributed by atoms with Crippen LogP contribution in [0.15, 0.2) is 29.2 Å². The van der Waals surface area contributed by atoms with Gasteiger partial charge in [0.2, 0.25) is 0 Å². The van der Waals surface area contributed by atoms with E-state index in [0.29, 0.717) is 5.75 Å². The van der Waals surface area contributed by atoms with Crippen LogP contribution in [-0.4, -0.2) is 16.5 Å². The highest BCUT2D eigenvalue weighted by Gasteiger charge is 2.08. The summed E-state index contributed by atoms with van der Waals surface area (Å²) in [5.41, 5.74) is 3.19. The highest BCUT2D eigenvalue weighted by Crippen LogP contribution is 2.22. The van der Waals surface area contributed by atoms with Gasteiger partial charge in [0.05, 0.1) is 5.75 Å². The number of hydrogen-bond donors (Lipinski definition) is 1. The van der Waals surface area contributed by atoms with Crippen LogP contribution in [0.1, 0.15) is 29.7 Å². The molecule has 112 valence electrons. The molecule has 0 amide bonds. The summed E-state index contributed by atoms with van der Waals surface area (Å²) >= 11 is 1.55. The topological polar surface area (TPSA) is 37.8 Å². The monoisotopic (exact) mass is 305 g/mol. The fraction of sp³-hybridized carbons (Fsp3) is 0.375. The molecule has 0 atom stereocenters. The number of thioether (sulfide) groups is 1. The van der Waals surface area contributed by atoms with E-state index >= 15 is 0 Å². The maximum atomic E-state index is 13.1. The van der Waals surface area contributed by atoms with E-state index in [1.54, 1.807) is 17.8 Å². The summed E-state index contributed by atoms with van der Waals surface area (Å²) in [5, 5.41) is 3.30. The second-order valence-electron chi connectivity index (χ2n) is 4.82. The predicted molar refractivity (Wildman–Crippen MR) is 84.8 cm³/mol. The summed E-state index contributed by atoms with van der Waals surface area (Å²) in [6.07, 6.45) is 0. The number of nitrogens with zero attached hydrogens (tertiary/aromatic N) is 2. The van der Waals surface area contributed by atoms with Crippen molar-refractivity contribution >= 4 is 11.8 Å². The Hall–Kier alpha value is -1.46. The van der Waals surface area contributed by atoms with E-state index in [-0.39, 0.29) is 5.82 Å². The van der Waals surface area contributed by atoms with Crippen molar-refractivity contribution in [1.82, 2.24) is 15.3 Å². The van der Waals surface area contributed by atoms with Crippen LogP contribution in [0.25, 0.3) is 0 Å². The van der Waals surface area contributed by atoms with Gasteiger partial charge < -0.3 is 5.32 Å². The first-order chi connectivity index (χ1) is 10.1. The van der Waals surface area contributed by atoms with E-state index in [0.717, 1.165) is 40.8 Å². The number of halogens is 1. The normalized spacial score (nSPS) is 10.9.